The molecule has 0 aliphatic heterocycles. The maximum atomic E-state index is 12.2. The highest BCUT2D eigenvalue weighted by atomic mass is 32.2. The third kappa shape index (κ3) is 3.30. The quantitative estimate of drug-likeness (QED) is 0.815. The van der Waals surface area contributed by atoms with E-state index in [1.165, 1.54) is 6.92 Å². The molecule has 1 aromatic carbocycles. The summed E-state index contributed by atoms with van der Waals surface area (Å²) in [4.78, 5) is 12.1. The Morgan fingerprint density at radius 2 is 1.95 bits per heavy atom. The van der Waals surface area contributed by atoms with Crippen LogP contribution in [0.1, 0.15) is 32.8 Å². The second-order valence-corrected chi connectivity index (χ2v) is 7.65. The molecule has 1 rings (SSSR count). The van der Waals surface area contributed by atoms with E-state index in [0.29, 0.717) is 17.8 Å². The number of hydrogen-bond acceptors (Lipinski definition) is 4. The Hall–Kier alpha value is -1.56. The van der Waals surface area contributed by atoms with Crippen molar-refractivity contribution in [3.8, 4) is 0 Å². The van der Waals surface area contributed by atoms with Crippen molar-refractivity contribution in [2.45, 2.75) is 44.6 Å². The van der Waals surface area contributed by atoms with Crippen LogP contribution in [0.25, 0.3) is 0 Å². The van der Waals surface area contributed by atoms with Gasteiger partial charge in [-0.2, -0.15) is 0 Å². The van der Waals surface area contributed by atoms with Crippen molar-refractivity contribution in [3.05, 3.63) is 23.8 Å². The second-order valence-electron chi connectivity index (χ2n) is 4.96. The van der Waals surface area contributed by atoms with Gasteiger partial charge in [0.25, 0.3) is 0 Å². The Kier molecular flexibility index (Phi) is 5.16. The van der Waals surface area contributed by atoms with E-state index in [2.05, 4.69) is 5.32 Å². The van der Waals surface area contributed by atoms with E-state index in [0.717, 1.165) is 5.56 Å². The maximum Gasteiger partial charge on any atom is 0.242 e. The van der Waals surface area contributed by atoms with Crippen molar-refractivity contribution in [3.63, 3.8) is 0 Å². The topological polar surface area (TPSA) is 89.3 Å². The predicted molar refractivity (Wildman–Crippen MR) is 82.4 cm³/mol. The molecule has 0 saturated heterocycles. The number of benzene rings is 1. The van der Waals surface area contributed by atoms with Crippen LogP contribution >= 0.6 is 0 Å². The van der Waals surface area contributed by atoms with Gasteiger partial charge in [-0.3, -0.25) is 4.79 Å². The molecular formula is C14H22N2O3S. The van der Waals surface area contributed by atoms with Crippen molar-refractivity contribution in [1.82, 2.24) is 0 Å². The van der Waals surface area contributed by atoms with E-state index in [4.69, 9.17) is 5.73 Å². The summed E-state index contributed by atoms with van der Waals surface area (Å²) >= 11 is 0. The van der Waals surface area contributed by atoms with Gasteiger partial charge in [0.15, 0.2) is 9.84 Å². The van der Waals surface area contributed by atoms with E-state index in [1.54, 1.807) is 39.0 Å². The third-order valence-corrected chi connectivity index (χ3v) is 6.29. The number of sulfone groups is 1. The zero-order valence-corrected chi connectivity index (χ0v) is 13.1. The summed E-state index contributed by atoms with van der Waals surface area (Å²) in [7, 11) is -3.47. The van der Waals surface area contributed by atoms with Crippen molar-refractivity contribution in [1.29, 1.82) is 0 Å². The fourth-order valence-electron chi connectivity index (χ4n) is 1.75. The molecule has 20 heavy (non-hydrogen) atoms. The highest BCUT2D eigenvalue weighted by Crippen LogP contribution is 2.22. The molecular weight excluding hydrogens is 276 g/mol. The summed E-state index contributed by atoms with van der Waals surface area (Å²) < 4.78 is 24.3. The fraction of sp³-hybridized carbons (Fsp3) is 0.500. The molecule has 5 nitrogen and oxygen atoms in total. The van der Waals surface area contributed by atoms with Gasteiger partial charge < -0.3 is 11.1 Å². The van der Waals surface area contributed by atoms with Gasteiger partial charge in [-0.25, -0.2) is 8.42 Å². The SMILES string of the molecule is CCC(C)S(=O)(=O)C(C)C(=O)Nc1cccc(N)c1C. The minimum atomic E-state index is -3.47. The molecule has 0 aliphatic rings. The standard InChI is InChI=1S/C14H22N2O3S/c1-5-9(2)20(18,19)11(4)14(17)16-13-8-6-7-12(15)10(13)3/h6-9,11H,5,15H2,1-4H3,(H,16,17). The highest BCUT2D eigenvalue weighted by Gasteiger charge is 2.32. The molecule has 2 unspecified atom stereocenters. The number of carbonyl (C=O) groups excluding carboxylic acids is 1. The van der Waals surface area contributed by atoms with E-state index >= 15 is 0 Å². The summed E-state index contributed by atoms with van der Waals surface area (Å²) in [6, 6.07) is 5.14. The van der Waals surface area contributed by atoms with Crippen molar-refractivity contribution in [2.24, 2.45) is 0 Å². The summed E-state index contributed by atoms with van der Waals surface area (Å²) in [6.07, 6.45) is 0.483. The average Bonchev–Trinajstić information content (AvgIpc) is 2.41. The number of nitrogens with one attached hydrogen (secondary N) is 1. The number of nitrogens with two attached hydrogens (primary N) is 1. The Balaban J connectivity index is 2.94. The van der Waals surface area contributed by atoms with Crippen molar-refractivity contribution >= 4 is 27.1 Å². The fourth-order valence-corrected chi connectivity index (χ4v) is 3.27. The van der Waals surface area contributed by atoms with Crippen LogP contribution in [-0.4, -0.2) is 24.8 Å². The van der Waals surface area contributed by atoms with Gasteiger partial charge in [0.2, 0.25) is 5.91 Å². The minimum absolute atomic E-state index is 0.483. The number of carbonyl (C=O) groups is 1. The Morgan fingerprint density at radius 3 is 2.50 bits per heavy atom. The number of amides is 1. The first-order chi connectivity index (χ1) is 9.21. The van der Waals surface area contributed by atoms with E-state index in [9.17, 15) is 13.2 Å². The molecule has 0 aromatic heterocycles. The highest BCUT2D eigenvalue weighted by molar-refractivity contribution is 7.93. The van der Waals surface area contributed by atoms with Gasteiger partial charge in [-0.05, 0) is 44.9 Å². The van der Waals surface area contributed by atoms with Gasteiger partial charge in [0.05, 0.1) is 5.25 Å². The van der Waals surface area contributed by atoms with Crippen LogP contribution in [0.2, 0.25) is 0 Å². The molecule has 0 fully saturated rings. The molecule has 0 spiro atoms. The molecule has 0 heterocycles. The number of anilines is 2. The number of hydrogen-bond donors (Lipinski definition) is 2. The van der Waals surface area contributed by atoms with E-state index in [1.807, 2.05) is 0 Å². The van der Waals surface area contributed by atoms with Crippen LogP contribution in [0.4, 0.5) is 11.4 Å². The average molecular weight is 298 g/mol. The van der Waals surface area contributed by atoms with Crippen LogP contribution in [0, 0.1) is 6.92 Å². The molecule has 0 saturated carbocycles. The van der Waals surface area contributed by atoms with Crippen LogP contribution in [0.5, 0.6) is 0 Å². The number of rotatable bonds is 5. The Morgan fingerprint density at radius 1 is 1.35 bits per heavy atom. The van der Waals surface area contributed by atoms with Crippen LogP contribution < -0.4 is 11.1 Å². The van der Waals surface area contributed by atoms with Crippen molar-refractivity contribution in [2.75, 3.05) is 11.1 Å². The normalized spacial score (nSPS) is 14.6. The molecule has 1 aromatic rings. The second kappa shape index (κ2) is 6.26. The monoisotopic (exact) mass is 298 g/mol. The van der Waals surface area contributed by atoms with Gasteiger partial charge in [0, 0.05) is 11.4 Å². The van der Waals surface area contributed by atoms with Crippen molar-refractivity contribution < 1.29 is 13.2 Å². The molecule has 2 atom stereocenters. The minimum Gasteiger partial charge on any atom is -0.398 e. The zero-order chi connectivity index (χ0) is 15.5. The molecule has 0 aliphatic carbocycles. The van der Waals surface area contributed by atoms with Gasteiger partial charge in [-0.1, -0.05) is 13.0 Å². The lowest BCUT2D eigenvalue weighted by Crippen LogP contribution is -2.37. The number of nitrogen functional groups attached to an aromatic ring is 1. The zero-order valence-electron chi connectivity index (χ0n) is 12.3. The van der Waals surface area contributed by atoms with Crippen LogP contribution in [0.3, 0.4) is 0 Å². The summed E-state index contributed by atoms with van der Waals surface area (Å²) in [5, 5.41) is 1.02. The van der Waals surface area contributed by atoms with Gasteiger partial charge in [0.1, 0.15) is 5.25 Å². The van der Waals surface area contributed by atoms with E-state index < -0.39 is 26.2 Å². The predicted octanol–water partition coefficient (Wildman–Crippen LogP) is 2.12. The van der Waals surface area contributed by atoms with Gasteiger partial charge in [-0.15, -0.1) is 0 Å². The molecule has 112 valence electrons. The molecule has 6 heteroatoms. The smallest absolute Gasteiger partial charge is 0.242 e. The first-order valence-electron chi connectivity index (χ1n) is 6.60. The van der Waals surface area contributed by atoms with E-state index in [-0.39, 0.29) is 0 Å². The Bertz CT molecular complexity index is 596. The lowest BCUT2D eigenvalue weighted by Gasteiger charge is -2.18. The Labute approximate surface area is 120 Å². The summed E-state index contributed by atoms with van der Waals surface area (Å²) in [5.74, 6) is -0.529. The lowest BCUT2D eigenvalue weighted by atomic mass is 10.1. The molecule has 0 bridgehead atoms. The summed E-state index contributed by atoms with van der Waals surface area (Å²) in [5.41, 5.74) is 7.59. The third-order valence-electron chi connectivity index (χ3n) is 3.63. The largest absolute Gasteiger partial charge is 0.398 e. The molecule has 1 amide bonds. The van der Waals surface area contributed by atoms with Crippen LogP contribution in [0.15, 0.2) is 18.2 Å². The van der Waals surface area contributed by atoms with Gasteiger partial charge >= 0.3 is 0 Å². The first kappa shape index (κ1) is 16.5. The maximum absolute atomic E-state index is 12.2. The lowest BCUT2D eigenvalue weighted by molar-refractivity contribution is -0.115. The first-order valence-corrected chi connectivity index (χ1v) is 8.21. The molecule has 3 N–H and O–H groups in total. The summed E-state index contributed by atoms with van der Waals surface area (Å²) in [6.45, 7) is 6.59. The molecule has 0 radical (unpaired) electrons. The van der Waals surface area contributed by atoms with Crippen LogP contribution in [-0.2, 0) is 14.6 Å².